The molecule has 0 radical (unpaired) electrons. The highest BCUT2D eigenvalue weighted by molar-refractivity contribution is 7.14. The smallest absolute Gasteiger partial charge is 0.203 e. The SMILES string of the molecule is Cc1ccc(-c2csc(NN=Cc3ccc(O)cc3O)n2)cc1. The summed E-state index contributed by atoms with van der Waals surface area (Å²) in [5, 5.41) is 25.6. The van der Waals surface area contributed by atoms with Crippen LogP contribution in [-0.4, -0.2) is 21.4 Å². The first-order chi connectivity index (χ1) is 11.1. The second kappa shape index (κ2) is 6.50. The third-order valence-electron chi connectivity index (χ3n) is 3.23. The van der Waals surface area contributed by atoms with Gasteiger partial charge in [-0.15, -0.1) is 11.3 Å². The molecule has 1 aromatic heterocycles. The first-order valence-electron chi connectivity index (χ1n) is 6.95. The van der Waals surface area contributed by atoms with E-state index in [9.17, 15) is 10.2 Å². The van der Waals surface area contributed by atoms with E-state index in [-0.39, 0.29) is 11.5 Å². The van der Waals surface area contributed by atoms with Gasteiger partial charge >= 0.3 is 0 Å². The van der Waals surface area contributed by atoms with E-state index in [1.165, 1.54) is 35.2 Å². The zero-order valence-corrected chi connectivity index (χ0v) is 13.2. The molecule has 3 N–H and O–H groups in total. The van der Waals surface area contributed by atoms with E-state index in [1.54, 1.807) is 6.07 Å². The van der Waals surface area contributed by atoms with Crippen LogP contribution >= 0.6 is 11.3 Å². The molecule has 0 aliphatic carbocycles. The first-order valence-corrected chi connectivity index (χ1v) is 7.83. The second-order valence-corrected chi connectivity index (χ2v) is 5.88. The molecule has 0 aliphatic rings. The Hall–Kier alpha value is -2.86. The lowest BCUT2D eigenvalue weighted by Crippen LogP contribution is -1.90. The average Bonchev–Trinajstić information content (AvgIpc) is 2.99. The van der Waals surface area contributed by atoms with Crippen LogP contribution in [-0.2, 0) is 0 Å². The number of hydrazone groups is 1. The Morgan fingerprint density at radius 3 is 2.65 bits per heavy atom. The topological polar surface area (TPSA) is 77.7 Å². The summed E-state index contributed by atoms with van der Waals surface area (Å²) in [6.07, 6.45) is 1.47. The number of hydrogen-bond donors (Lipinski definition) is 3. The number of phenols is 2. The summed E-state index contributed by atoms with van der Waals surface area (Å²) < 4.78 is 0. The lowest BCUT2D eigenvalue weighted by molar-refractivity contribution is 0.450. The lowest BCUT2D eigenvalue weighted by Gasteiger charge is -1.99. The highest BCUT2D eigenvalue weighted by Crippen LogP contribution is 2.25. The first kappa shape index (κ1) is 15.1. The van der Waals surface area contributed by atoms with E-state index in [0.717, 1.165) is 11.3 Å². The third-order valence-corrected chi connectivity index (χ3v) is 3.98. The van der Waals surface area contributed by atoms with Crippen LogP contribution in [0.1, 0.15) is 11.1 Å². The molecule has 0 saturated carbocycles. The number of rotatable bonds is 4. The van der Waals surface area contributed by atoms with Crippen molar-refractivity contribution in [3.63, 3.8) is 0 Å². The fourth-order valence-corrected chi connectivity index (χ4v) is 2.65. The Balaban J connectivity index is 1.69. The predicted octanol–water partition coefficient (Wildman–Crippen LogP) is 3.98. The van der Waals surface area contributed by atoms with Crippen LogP contribution in [0.15, 0.2) is 52.9 Å². The minimum Gasteiger partial charge on any atom is -0.508 e. The quantitative estimate of drug-likeness (QED) is 0.501. The number of aromatic nitrogens is 1. The predicted molar refractivity (Wildman–Crippen MR) is 93.3 cm³/mol. The Morgan fingerprint density at radius 2 is 1.91 bits per heavy atom. The van der Waals surface area contributed by atoms with E-state index < -0.39 is 0 Å². The van der Waals surface area contributed by atoms with Crippen molar-refractivity contribution in [3.05, 3.63) is 59.0 Å². The molecule has 2 aromatic carbocycles. The van der Waals surface area contributed by atoms with Gasteiger partial charge in [0.25, 0.3) is 0 Å². The van der Waals surface area contributed by atoms with Crippen LogP contribution < -0.4 is 5.43 Å². The van der Waals surface area contributed by atoms with Crippen molar-refractivity contribution in [2.75, 3.05) is 5.43 Å². The second-order valence-electron chi connectivity index (χ2n) is 5.02. The van der Waals surface area contributed by atoms with Gasteiger partial charge in [-0.1, -0.05) is 29.8 Å². The molecule has 0 bridgehead atoms. The number of thiazole rings is 1. The molecule has 0 fully saturated rings. The molecule has 116 valence electrons. The molecule has 0 unspecified atom stereocenters. The van der Waals surface area contributed by atoms with Gasteiger partial charge in [0.05, 0.1) is 11.9 Å². The van der Waals surface area contributed by atoms with Gasteiger partial charge in [0.1, 0.15) is 11.5 Å². The normalized spacial score (nSPS) is 11.0. The van der Waals surface area contributed by atoms with Gasteiger partial charge < -0.3 is 10.2 Å². The average molecular weight is 325 g/mol. The van der Waals surface area contributed by atoms with Gasteiger partial charge in [0, 0.05) is 22.6 Å². The molecular formula is C17H15N3O2S. The molecule has 0 atom stereocenters. The summed E-state index contributed by atoms with van der Waals surface area (Å²) in [7, 11) is 0. The molecule has 0 amide bonds. The minimum atomic E-state index is -0.0324. The van der Waals surface area contributed by atoms with Crippen LogP contribution in [0, 0.1) is 6.92 Å². The zero-order valence-electron chi connectivity index (χ0n) is 12.4. The van der Waals surface area contributed by atoms with Crippen molar-refractivity contribution in [2.24, 2.45) is 5.10 Å². The van der Waals surface area contributed by atoms with Gasteiger partial charge in [-0.2, -0.15) is 5.10 Å². The molecule has 0 spiro atoms. The number of nitrogens with one attached hydrogen (secondary N) is 1. The van der Waals surface area contributed by atoms with E-state index in [0.29, 0.717) is 10.7 Å². The molecule has 3 aromatic rings. The highest BCUT2D eigenvalue weighted by atomic mass is 32.1. The van der Waals surface area contributed by atoms with Crippen molar-refractivity contribution in [2.45, 2.75) is 6.92 Å². The monoisotopic (exact) mass is 325 g/mol. The van der Waals surface area contributed by atoms with Gasteiger partial charge in [-0.3, -0.25) is 5.43 Å². The molecule has 0 aliphatic heterocycles. The van der Waals surface area contributed by atoms with Crippen molar-refractivity contribution < 1.29 is 10.2 Å². The molecule has 5 nitrogen and oxygen atoms in total. The lowest BCUT2D eigenvalue weighted by atomic mass is 10.1. The van der Waals surface area contributed by atoms with Crippen LogP contribution in [0.3, 0.4) is 0 Å². The maximum Gasteiger partial charge on any atom is 0.203 e. The highest BCUT2D eigenvalue weighted by Gasteiger charge is 2.04. The van der Waals surface area contributed by atoms with Gasteiger partial charge in [-0.05, 0) is 19.1 Å². The van der Waals surface area contributed by atoms with Crippen molar-refractivity contribution in [3.8, 4) is 22.8 Å². The number of phenolic OH excluding ortho intramolecular Hbond substituents is 2. The van der Waals surface area contributed by atoms with Gasteiger partial charge in [0.15, 0.2) is 0 Å². The number of anilines is 1. The van der Waals surface area contributed by atoms with Gasteiger partial charge in [-0.25, -0.2) is 4.98 Å². The third kappa shape index (κ3) is 3.67. The fourth-order valence-electron chi connectivity index (χ4n) is 1.98. The Bertz CT molecular complexity index is 841. The number of aromatic hydroxyl groups is 2. The minimum absolute atomic E-state index is 0.00951. The van der Waals surface area contributed by atoms with Gasteiger partial charge in [0.2, 0.25) is 5.13 Å². The van der Waals surface area contributed by atoms with E-state index in [2.05, 4.69) is 15.5 Å². The Labute approximate surface area is 137 Å². The fraction of sp³-hybridized carbons (Fsp3) is 0.0588. The van der Waals surface area contributed by atoms with Crippen molar-refractivity contribution in [1.29, 1.82) is 0 Å². The Morgan fingerprint density at radius 1 is 1.13 bits per heavy atom. The Kier molecular flexibility index (Phi) is 4.25. The summed E-state index contributed by atoms with van der Waals surface area (Å²) in [5.41, 5.74) is 6.50. The van der Waals surface area contributed by atoms with E-state index >= 15 is 0 Å². The molecule has 6 heteroatoms. The van der Waals surface area contributed by atoms with Crippen molar-refractivity contribution in [1.82, 2.24) is 4.98 Å². The van der Waals surface area contributed by atoms with Crippen molar-refractivity contribution >= 4 is 22.7 Å². The summed E-state index contributed by atoms with van der Waals surface area (Å²) >= 11 is 1.45. The summed E-state index contributed by atoms with van der Waals surface area (Å²) in [6, 6.07) is 12.5. The van der Waals surface area contributed by atoms with Crippen LogP contribution in [0.2, 0.25) is 0 Å². The molecule has 23 heavy (non-hydrogen) atoms. The molecule has 3 rings (SSSR count). The number of aryl methyl sites for hydroxylation is 1. The maximum absolute atomic E-state index is 9.67. The molecule has 1 heterocycles. The van der Waals surface area contributed by atoms with Crippen LogP contribution in [0.5, 0.6) is 11.5 Å². The van der Waals surface area contributed by atoms with Crippen LogP contribution in [0.25, 0.3) is 11.3 Å². The maximum atomic E-state index is 9.67. The van der Waals surface area contributed by atoms with E-state index in [4.69, 9.17) is 0 Å². The van der Waals surface area contributed by atoms with E-state index in [1.807, 2.05) is 36.6 Å². The largest absolute Gasteiger partial charge is 0.508 e. The zero-order chi connectivity index (χ0) is 16.2. The number of hydrogen-bond acceptors (Lipinski definition) is 6. The molecular weight excluding hydrogens is 310 g/mol. The number of nitrogens with zero attached hydrogens (tertiary/aromatic N) is 2. The standard InChI is InChI=1S/C17H15N3O2S/c1-11-2-4-12(5-3-11)15-10-23-17(19-15)20-18-9-13-6-7-14(21)8-16(13)22/h2-10,21-22H,1H3,(H,19,20). The van der Waals surface area contributed by atoms with Crippen LogP contribution in [0.4, 0.5) is 5.13 Å². The number of benzene rings is 2. The summed E-state index contributed by atoms with van der Waals surface area (Å²) in [6.45, 7) is 2.05. The summed E-state index contributed by atoms with van der Waals surface area (Å²) in [4.78, 5) is 4.47. The summed E-state index contributed by atoms with van der Waals surface area (Å²) in [5.74, 6) is -0.0229. The molecule has 0 saturated heterocycles.